The molecule has 2 nitrogen and oxygen atoms in total. The predicted octanol–water partition coefficient (Wildman–Crippen LogP) is 5.20. The Morgan fingerprint density at radius 2 is 1.85 bits per heavy atom. The molecule has 0 aliphatic carbocycles. The second-order valence-corrected chi connectivity index (χ2v) is 5.63. The van der Waals surface area contributed by atoms with Gasteiger partial charge in [-0.25, -0.2) is 0 Å². The number of benzene rings is 2. The third-order valence-corrected chi connectivity index (χ3v) is 3.79. The third kappa shape index (κ3) is 3.14. The first-order chi connectivity index (χ1) is 9.50. The summed E-state index contributed by atoms with van der Waals surface area (Å²) in [6, 6.07) is 12.8. The van der Waals surface area contributed by atoms with Gasteiger partial charge in [0.25, 0.3) is 5.91 Å². The fourth-order valence-corrected chi connectivity index (χ4v) is 2.37. The van der Waals surface area contributed by atoms with Crippen molar-refractivity contribution in [3.63, 3.8) is 0 Å². The number of carbonyl (C=O) groups excluding carboxylic acids is 1. The molecule has 0 fully saturated rings. The monoisotopic (exact) mass is 307 g/mol. The van der Waals surface area contributed by atoms with E-state index in [4.69, 9.17) is 23.2 Å². The first kappa shape index (κ1) is 14.9. The third-order valence-electron chi connectivity index (χ3n) is 3.15. The molecule has 0 saturated heterocycles. The van der Waals surface area contributed by atoms with E-state index < -0.39 is 0 Å². The zero-order valence-corrected chi connectivity index (χ0v) is 12.8. The standard InChI is InChI=1S/C16H15Cl2NO/c1-10-12(7-5-8-14(10)18)16(20)19-15-9-4-3-6-13(15)11(2)17/h3-9,11H,1-2H3,(H,19,20). The lowest BCUT2D eigenvalue weighted by Gasteiger charge is -2.13. The van der Waals surface area contributed by atoms with Crippen LogP contribution in [0, 0.1) is 6.92 Å². The van der Waals surface area contributed by atoms with Crippen molar-refractivity contribution < 1.29 is 4.79 Å². The number of halogens is 2. The van der Waals surface area contributed by atoms with Gasteiger partial charge in [-0.3, -0.25) is 4.79 Å². The van der Waals surface area contributed by atoms with Crippen molar-refractivity contribution >= 4 is 34.8 Å². The molecule has 0 heterocycles. The molecule has 104 valence electrons. The van der Waals surface area contributed by atoms with Crippen LogP contribution in [-0.2, 0) is 0 Å². The van der Waals surface area contributed by atoms with Gasteiger partial charge in [0.15, 0.2) is 0 Å². The Labute approximate surface area is 128 Å². The van der Waals surface area contributed by atoms with E-state index in [-0.39, 0.29) is 11.3 Å². The van der Waals surface area contributed by atoms with Crippen LogP contribution in [0.15, 0.2) is 42.5 Å². The molecule has 1 N–H and O–H groups in total. The summed E-state index contributed by atoms with van der Waals surface area (Å²) in [7, 11) is 0. The Bertz CT molecular complexity index is 638. The maximum Gasteiger partial charge on any atom is 0.255 e. The van der Waals surface area contributed by atoms with Gasteiger partial charge in [0.05, 0.1) is 5.38 Å². The van der Waals surface area contributed by atoms with Crippen LogP contribution in [0.4, 0.5) is 5.69 Å². The molecule has 2 rings (SSSR count). The summed E-state index contributed by atoms with van der Waals surface area (Å²) in [4.78, 5) is 12.3. The number of anilines is 1. The molecule has 1 atom stereocenters. The van der Waals surface area contributed by atoms with Gasteiger partial charge >= 0.3 is 0 Å². The first-order valence-corrected chi connectivity index (χ1v) is 7.11. The molecule has 0 aromatic heterocycles. The maximum absolute atomic E-state index is 12.3. The highest BCUT2D eigenvalue weighted by Crippen LogP contribution is 2.28. The Hall–Kier alpha value is -1.51. The first-order valence-electron chi connectivity index (χ1n) is 6.30. The zero-order valence-electron chi connectivity index (χ0n) is 11.3. The van der Waals surface area contributed by atoms with Gasteiger partial charge in [-0.05, 0) is 43.2 Å². The van der Waals surface area contributed by atoms with Crippen molar-refractivity contribution in [2.75, 3.05) is 5.32 Å². The van der Waals surface area contributed by atoms with Crippen LogP contribution in [0.1, 0.15) is 33.8 Å². The van der Waals surface area contributed by atoms with Gasteiger partial charge in [-0.2, -0.15) is 0 Å². The molecule has 0 bridgehead atoms. The normalized spacial score (nSPS) is 12.0. The van der Waals surface area contributed by atoms with E-state index in [1.807, 2.05) is 38.1 Å². The average Bonchev–Trinajstić information content (AvgIpc) is 2.42. The topological polar surface area (TPSA) is 29.1 Å². The molecule has 20 heavy (non-hydrogen) atoms. The van der Waals surface area contributed by atoms with Crippen LogP contribution in [0.2, 0.25) is 5.02 Å². The molecular formula is C16H15Cl2NO. The summed E-state index contributed by atoms with van der Waals surface area (Å²) < 4.78 is 0. The number of nitrogens with one attached hydrogen (secondary N) is 1. The van der Waals surface area contributed by atoms with E-state index in [2.05, 4.69) is 5.32 Å². The molecule has 0 saturated carbocycles. The van der Waals surface area contributed by atoms with E-state index in [0.29, 0.717) is 10.6 Å². The van der Waals surface area contributed by atoms with Gasteiger partial charge < -0.3 is 5.32 Å². The molecule has 0 aliphatic heterocycles. The summed E-state index contributed by atoms with van der Waals surface area (Å²) in [5.74, 6) is -0.185. The second-order valence-electron chi connectivity index (χ2n) is 4.57. The average molecular weight is 308 g/mol. The number of carbonyl (C=O) groups is 1. The largest absolute Gasteiger partial charge is 0.322 e. The zero-order chi connectivity index (χ0) is 14.7. The highest BCUT2D eigenvalue weighted by molar-refractivity contribution is 6.32. The number of hydrogen-bond acceptors (Lipinski definition) is 1. The predicted molar refractivity (Wildman–Crippen MR) is 84.9 cm³/mol. The van der Waals surface area contributed by atoms with E-state index in [1.54, 1.807) is 18.2 Å². The highest BCUT2D eigenvalue weighted by Gasteiger charge is 2.14. The van der Waals surface area contributed by atoms with Gasteiger partial charge in [-0.15, -0.1) is 11.6 Å². The van der Waals surface area contributed by atoms with Crippen molar-refractivity contribution in [1.82, 2.24) is 0 Å². The molecule has 0 radical (unpaired) electrons. The molecule has 0 aliphatic rings. The van der Waals surface area contributed by atoms with Crippen molar-refractivity contribution in [3.05, 3.63) is 64.2 Å². The minimum absolute atomic E-state index is 0.174. The Morgan fingerprint density at radius 3 is 2.55 bits per heavy atom. The SMILES string of the molecule is Cc1c(Cl)cccc1C(=O)Nc1ccccc1C(C)Cl. The lowest BCUT2D eigenvalue weighted by molar-refractivity contribution is 0.102. The maximum atomic E-state index is 12.3. The van der Waals surface area contributed by atoms with E-state index in [0.717, 1.165) is 16.8 Å². The van der Waals surface area contributed by atoms with Crippen molar-refractivity contribution in [2.24, 2.45) is 0 Å². The van der Waals surface area contributed by atoms with Crippen molar-refractivity contribution in [1.29, 1.82) is 0 Å². The fourth-order valence-electron chi connectivity index (χ4n) is 2.00. The number of hydrogen-bond donors (Lipinski definition) is 1. The van der Waals surface area contributed by atoms with Crippen LogP contribution in [0.3, 0.4) is 0 Å². The lowest BCUT2D eigenvalue weighted by atomic mass is 10.1. The summed E-state index contributed by atoms with van der Waals surface area (Å²) in [6.45, 7) is 3.70. The van der Waals surface area contributed by atoms with Gasteiger partial charge in [-0.1, -0.05) is 35.9 Å². The Morgan fingerprint density at radius 1 is 1.15 bits per heavy atom. The van der Waals surface area contributed by atoms with Crippen molar-refractivity contribution in [2.45, 2.75) is 19.2 Å². The van der Waals surface area contributed by atoms with Gasteiger partial charge in [0, 0.05) is 16.3 Å². The number of para-hydroxylation sites is 1. The van der Waals surface area contributed by atoms with Crippen molar-refractivity contribution in [3.8, 4) is 0 Å². The molecule has 1 unspecified atom stereocenters. The smallest absolute Gasteiger partial charge is 0.255 e. The highest BCUT2D eigenvalue weighted by atomic mass is 35.5. The molecule has 0 spiro atoms. The Kier molecular flexibility index (Phi) is 4.69. The second kappa shape index (κ2) is 6.29. The van der Waals surface area contributed by atoms with Crippen LogP contribution in [0.25, 0.3) is 0 Å². The summed E-state index contributed by atoms with van der Waals surface area (Å²) in [6.07, 6.45) is 0. The number of alkyl halides is 1. The van der Waals surface area contributed by atoms with Crippen LogP contribution >= 0.6 is 23.2 Å². The molecular weight excluding hydrogens is 293 g/mol. The summed E-state index contributed by atoms with van der Waals surface area (Å²) in [5.41, 5.74) is 2.94. The minimum Gasteiger partial charge on any atom is -0.322 e. The van der Waals surface area contributed by atoms with Crippen LogP contribution in [0.5, 0.6) is 0 Å². The molecule has 2 aromatic rings. The molecule has 1 amide bonds. The summed E-state index contributed by atoms with van der Waals surface area (Å²) >= 11 is 12.2. The number of rotatable bonds is 3. The minimum atomic E-state index is -0.185. The van der Waals surface area contributed by atoms with Gasteiger partial charge in [0.1, 0.15) is 0 Å². The van der Waals surface area contributed by atoms with Crippen LogP contribution in [-0.4, -0.2) is 5.91 Å². The summed E-state index contributed by atoms with van der Waals surface area (Å²) in [5, 5.41) is 3.30. The van der Waals surface area contributed by atoms with E-state index in [9.17, 15) is 4.79 Å². The number of amides is 1. The lowest BCUT2D eigenvalue weighted by Crippen LogP contribution is -2.14. The van der Waals surface area contributed by atoms with Crippen LogP contribution < -0.4 is 5.32 Å². The van der Waals surface area contributed by atoms with E-state index in [1.165, 1.54) is 0 Å². The van der Waals surface area contributed by atoms with Gasteiger partial charge in [0.2, 0.25) is 0 Å². The Balaban J connectivity index is 2.31. The quantitative estimate of drug-likeness (QED) is 0.776. The fraction of sp³-hybridized carbons (Fsp3) is 0.188. The van der Waals surface area contributed by atoms with E-state index >= 15 is 0 Å². The molecule has 2 aromatic carbocycles. The molecule has 4 heteroatoms.